The minimum atomic E-state index is 0.0871. The number of phenols is 1. The second-order valence-corrected chi connectivity index (χ2v) is 7.65. The third-order valence-corrected chi connectivity index (χ3v) is 5.95. The van der Waals surface area contributed by atoms with Crippen molar-refractivity contribution in [3.05, 3.63) is 42.1 Å². The minimum absolute atomic E-state index is 0.0871. The molecule has 1 aromatic heterocycles. The molecular weight excluding hydrogens is 352 g/mol. The van der Waals surface area contributed by atoms with Gasteiger partial charge in [0.15, 0.2) is 5.82 Å². The van der Waals surface area contributed by atoms with Crippen LogP contribution < -0.4 is 16.0 Å². The summed E-state index contributed by atoms with van der Waals surface area (Å²) in [5.74, 6) is 0.937. The first-order valence-corrected chi connectivity index (χ1v) is 9.67. The molecule has 7 nitrogen and oxygen atoms in total. The van der Waals surface area contributed by atoms with Gasteiger partial charge in [0.05, 0.1) is 5.69 Å². The standard InChI is InChI=1S/C21H26N6O/c1-27(17-9-15-3-4-16(10-17)24-15)21-7-6-19(25-26-21)18-5-2-13(8-20(18)28)14(11-22)12-23/h2,5-8,11-12,15-17,22,24,28H,3-4,9-10,23H2,1H3/t15-,16+,17?. The van der Waals surface area contributed by atoms with Crippen LogP contribution in [0.15, 0.2) is 36.5 Å². The Morgan fingerprint density at radius 2 is 1.96 bits per heavy atom. The molecule has 2 saturated heterocycles. The van der Waals surface area contributed by atoms with Gasteiger partial charge in [-0.15, -0.1) is 10.2 Å². The average Bonchev–Trinajstić information content (AvgIpc) is 3.06. The fourth-order valence-corrected chi connectivity index (χ4v) is 4.34. The third-order valence-electron chi connectivity index (χ3n) is 5.95. The number of anilines is 1. The normalized spacial score (nSPS) is 24.2. The Balaban J connectivity index is 1.52. The van der Waals surface area contributed by atoms with E-state index in [-0.39, 0.29) is 5.75 Å². The number of phenolic OH excluding ortho intramolecular Hbond substituents is 1. The van der Waals surface area contributed by atoms with Crippen LogP contribution in [0.25, 0.3) is 16.8 Å². The number of rotatable bonds is 5. The highest BCUT2D eigenvalue weighted by molar-refractivity contribution is 6.08. The molecule has 0 aliphatic carbocycles. The molecule has 5 N–H and O–H groups in total. The molecule has 0 saturated carbocycles. The fourth-order valence-electron chi connectivity index (χ4n) is 4.34. The van der Waals surface area contributed by atoms with E-state index in [1.54, 1.807) is 12.1 Å². The predicted molar refractivity (Wildman–Crippen MR) is 111 cm³/mol. The number of aromatic nitrogens is 2. The van der Waals surface area contributed by atoms with Crippen molar-refractivity contribution in [3.8, 4) is 17.0 Å². The van der Waals surface area contributed by atoms with Crippen molar-refractivity contribution in [2.24, 2.45) is 5.73 Å². The summed E-state index contributed by atoms with van der Waals surface area (Å²) in [6.45, 7) is 0. The molecule has 146 valence electrons. The molecule has 1 aromatic carbocycles. The lowest BCUT2D eigenvalue weighted by molar-refractivity contribution is 0.353. The zero-order chi connectivity index (χ0) is 19.7. The highest BCUT2D eigenvalue weighted by Gasteiger charge is 2.35. The van der Waals surface area contributed by atoms with E-state index in [1.165, 1.54) is 19.0 Å². The SMILES string of the molecule is CN(c1ccc(-c2ccc(C(C=N)=CN)cc2O)nn1)C1C[C@H]2CC[C@@H](C1)N2. The van der Waals surface area contributed by atoms with Gasteiger partial charge >= 0.3 is 0 Å². The molecule has 0 amide bonds. The molecule has 2 bridgehead atoms. The first-order chi connectivity index (χ1) is 13.6. The Labute approximate surface area is 164 Å². The van der Waals surface area contributed by atoms with Crippen molar-refractivity contribution in [1.82, 2.24) is 15.5 Å². The van der Waals surface area contributed by atoms with E-state index in [0.29, 0.717) is 40.5 Å². The lowest BCUT2D eigenvalue weighted by Crippen LogP contribution is -2.47. The summed E-state index contributed by atoms with van der Waals surface area (Å²) in [6.07, 6.45) is 7.33. The summed E-state index contributed by atoms with van der Waals surface area (Å²) < 4.78 is 0. The van der Waals surface area contributed by atoms with Crippen LogP contribution in [0, 0.1) is 5.41 Å². The number of nitrogens with two attached hydrogens (primary N) is 1. The van der Waals surface area contributed by atoms with Gasteiger partial charge < -0.3 is 26.5 Å². The van der Waals surface area contributed by atoms with Crippen LogP contribution in [0.1, 0.15) is 31.2 Å². The predicted octanol–water partition coefficient (Wildman–Crippen LogP) is 2.52. The Hall–Kier alpha value is -2.93. The molecule has 0 spiro atoms. The topological polar surface area (TPSA) is 111 Å². The molecule has 1 unspecified atom stereocenters. The van der Waals surface area contributed by atoms with Gasteiger partial charge in [0.2, 0.25) is 0 Å². The Kier molecular flexibility index (Phi) is 5.00. The van der Waals surface area contributed by atoms with Gasteiger partial charge in [-0.25, -0.2) is 0 Å². The summed E-state index contributed by atoms with van der Waals surface area (Å²) in [6, 6.07) is 10.8. The number of piperidine rings is 1. The fraction of sp³-hybridized carbons (Fsp3) is 0.381. The van der Waals surface area contributed by atoms with Crippen molar-refractivity contribution in [1.29, 1.82) is 5.41 Å². The van der Waals surface area contributed by atoms with Gasteiger partial charge in [-0.05, 0) is 55.5 Å². The smallest absolute Gasteiger partial charge is 0.151 e. The van der Waals surface area contributed by atoms with Crippen LogP contribution in [-0.2, 0) is 0 Å². The second kappa shape index (κ2) is 7.59. The van der Waals surface area contributed by atoms with Crippen molar-refractivity contribution in [2.75, 3.05) is 11.9 Å². The lowest BCUT2D eigenvalue weighted by atomic mass is 9.98. The molecule has 3 heterocycles. The van der Waals surface area contributed by atoms with Crippen LogP contribution in [0.2, 0.25) is 0 Å². The number of allylic oxidation sites excluding steroid dienone is 1. The Bertz CT molecular complexity index is 882. The van der Waals surface area contributed by atoms with Gasteiger partial charge in [0.25, 0.3) is 0 Å². The molecule has 0 radical (unpaired) electrons. The first-order valence-electron chi connectivity index (χ1n) is 9.67. The summed E-state index contributed by atoms with van der Waals surface area (Å²) in [5, 5.41) is 30.2. The maximum atomic E-state index is 10.4. The van der Waals surface area contributed by atoms with Gasteiger partial charge in [-0.2, -0.15) is 0 Å². The number of benzene rings is 1. The second-order valence-electron chi connectivity index (χ2n) is 7.65. The summed E-state index contributed by atoms with van der Waals surface area (Å²) in [5.41, 5.74) is 7.96. The zero-order valence-electron chi connectivity index (χ0n) is 16.0. The van der Waals surface area contributed by atoms with E-state index in [1.807, 2.05) is 18.2 Å². The Morgan fingerprint density at radius 3 is 2.54 bits per heavy atom. The zero-order valence-corrected chi connectivity index (χ0v) is 16.0. The number of aromatic hydroxyl groups is 1. The molecule has 4 rings (SSSR count). The van der Waals surface area contributed by atoms with Crippen LogP contribution in [-0.4, -0.2) is 46.7 Å². The van der Waals surface area contributed by atoms with E-state index in [9.17, 15) is 5.11 Å². The number of nitrogens with zero attached hydrogens (tertiary/aromatic N) is 3. The first kappa shape index (κ1) is 18.4. The van der Waals surface area contributed by atoms with Crippen molar-refractivity contribution < 1.29 is 5.11 Å². The van der Waals surface area contributed by atoms with Gasteiger partial charge in [0.1, 0.15) is 5.75 Å². The third kappa shape index (κ3) is 3.45. The highest BCUT2D eigenvalue weighted by Crippen LogP contribution is 2.33. The molecule has 28 heavy (non-hydrogen) atoms. The van der Waals surface area contributed by atoms with Crippen LogP contribution in [0.3, 0.4) is 0 Å². The molecular formula is C21H26N6O. The monoisotopic (exact) mass is 378 g/mol. The van der Waals surface area contributed by atoms with Gasteiger partial charge in [-0.1, -0.05) is 6.07 Å². The quantitative estimate of drug-likeness (QED) is 0.595. The van der Waals surface area contributed by atoms with Gasteiger partial charge in [0, 0.05) is 48.7 Å². The van der Waals surface area contributed by atoms with Crippen LogP contribution in [0.4, 0.5) is 5.82 Å². The number of fused-ring (bicyclic) bond motifs is 2. The van der Waals surface area contributed by atoms with Crippen molar-refractivity contribution in [2.45, 2.75) is 43.8 Å². The van der Waals surface area contributed by atoms with E-state index < -0.39 is 0 Å². The number of hydrogen-bond acceptors (Lipinski definition) is 7. The average molecular weight is 378 g/mol. The largest absolute Gasteiger partial charge is 0.507 e. The van der Waals surface area contributed by atoms with E-state index >= 15 is 0 Å². The highest BCUT2D eigenvalue weighted by atomic mass is 16.3. The van der Waals surface area contributed by atoms with Gasteiger partial charge in [-0.3, -0.25) is 0 Å². The van der Waals surface area contributed by atoms with E-state index in [4.69, 9.17) is 11.1 Å². The summed E-state index contributed by atoms with van der Waals surface area (Å²) in [7, 11) is 2.09. The number of nitrogens with one attached hydrogen (secondary N) is 2. The summed E-state index contributed by atoms with van der Waals surface area (Å²) in [4.78, 5) is 2.23. The minimum Gasteiger partial charge on any atom is -0.507 e. The van der Waals surface area contributed by atoms with Crippen molar-refractivity contribution >= 4 is 17.6 Å². The van der Waals surface area contributed by atoms with Crippen molar-refractivity contribution in [3.63, 3.8) is 0 Å². The van der Waals surface area contributed by atoms with E-state index in [0.717, 1.165) is 24.9 Å². The molecule has 2 aliphatic heterocycles. The lowest BCUT2D eigenvalue weighted by Gasteiger charge is -2.36. The maximum absolute atomic E-state index is 10.4. The maximum Gasteiger partial charge on any atom is 0.151 e. The van der Waals surface area contributed by atoms with Crippen LogP contribution in [0.5, 0.6) is 5.75 Å². The summed E-state index contributed by atoms with van der Waals surface area (Å²) >= 11 is 0. The molecule has 2 aliphatic rings. The van der Waals surface area contributed by atoms with E-state index in [2.05, 4.69) is 27.5 Å². The molecule has 2 aromatic rings. The molecule has 3 atom stereocenters. The Morgan fingerprint density at radius 1 is 1.21 bits per heavy atom. The number of hydrogen-bond donors (Lipinski definition) is 4. The van der Waals surface area contributed by atoms with Crippen LogP contribution >= 0.6 is 0 Å². The molecule has 2 fully saturated rings. The molecule has 7 heteroatoms.